The van der Waals surface area contributed by atoms with Gasteiger partial charge < -0.3 is 4.74 Å². The highest BCUT2D eigenvalue weighted by Crippen LogP contribution is 2.38. The standard InChI is InChI=1S/C19H16Cl2N2O4/c1-22(9-11-3-5-12(6-4-11)19(26)27-2)10-23-16-14(17(24)18(23)25)7-13(20)8-15(16)21/h3-8H,9-10H2,1-2H3. The maximum Gasteiger partial charge on any atom is 0.337 e. The molecule has 1 heterocycles. The molecular formula is C19H16Cl2N2O4. The molecule has 0 fully saturated rings. The number of methoxy groups -OCH3 is 1. The molecule has 2 aromatic carbocycles. The van der Waals surface area contributed by atoms with Crippen LogP contribution in [-0.2, 0) is 16.1 Å². The van der Waals surface area contributed by atoms with Crippen LogP contribution in [0.4, 0.5) is 5.69 Å². The topological polar surface area (TPSA) is 66.9 Å². The van der Waals surface area contributed by atoms with Crippen LogP contribution in [0.2, 0.25) is 10.0 Å². The number of hydrogen-bond donors (Lipinski definition) is 0. The quantitative estimate of drug-likeness (QED) is 0.562. The number of nitrogens with zero attached hydrogens (tertiary/aromatic N) is 2. The molecule has 6 nitrogen and oxygen atoms in total. The van der Waals surface area contributed by atoms with E-state index >= 15 is 0 Å². The van der Waals surface area contributed by atoms with Crippen molar-refractivity contribution in [2.24, 2.45) is 0 Å². The molecule has 1 aliphatic heterocycles. The number of esters is 1. The van der Waals surface area contributed by atoms with Gasteiger partial charge in [0.2, 0.25) is 0 Å². The number of amides is 1. The van der Waals surface area contributed by atoms with Crippen molar-refractivity contribution in [2.45, 2.75) is 6.54 Å². The number of hydrogen-bond acceptors (Lipinski definition) is 5. The number of Topliss-reactive ketones (excluding diaryl/α,β-unsaturated/α-hetero) is 1. The van der Waals surface area contributed by atoms with E-state index in [2.05, 4.69) is 4.74 Å². The van der Waals surface area contributed by atoms with Crippen molar-refractivity contribution in [1.82, 2.24) is 4.90 Å². The van der Waals surface area contributed by atoms with E-state index in [0.29, 0.717) is 22.8 Å². The lowest BCUT2D eigenvalue weighted by atomic mass is 10.1. The summed E-state index contributed by atoms with van der Waals surface area (Å²) in [4.78, 5) is 39.3. The molecule has 0 atom stereocenters. The Labute approximate surface area is 166 Å². The first-order valence-corrected chi connectivity index (χ1v) is 8.78. The Morgan fingerprint density at radius 1 is 1.15 bits per heavy atom. The van der Waals surface area contributed by atoms with Crippen LogP contribution < -0.4 is 4.90 Å². The molecule has 3 rings (SSSR count). The van der Waals surface area contributed by atoms with Crippen LogP contribution in [0.5, 0.6) is 0 Å². The summed E-state index contributed by atoms with van der Waals surface area (Å²) in [7, 11) is 3.14. The van der Waals surface area contributed by atoms with Crippen molar-refractivity contribution in [1.29, 1.82) is 0 Å². The van der Waals surface area contributed by atoms with Gasteiger partial charge in [0.15, 0.2) is 0 Å². The van der Waals surface area contributed by atoms with E-state index < -0.39 is 17.7 Å². The largest absolute Gasteiger partial charge is 0.465 e. The minimum Gasteiger partial charge on any atom is -0.465 e. The number of ketones is 1. The molecule has 0 aromatic heterocycles. The van der Waals surface area contributed by atoms with Gasteiger partial charge in [-0.15, -0.1) is 0 Å². The number of fused-ring (bicyclic) bond motifs is 1. The number of benzene rings is 2. The predicted molar refractivity (Wildman–Crippen MR) is 102 cm³/mol. The van der Waals surface area contributed by atoms with Gasteiger partial charge in [-0.05, 0) is 36.9 Å². The van der Waals surface area contributed by atoms with Gasteiger partial charge in [0, 0.05) is 11.6 Å². The smallest absolute Gasteiger partial charge is 0.337 e. The van der Waals surface area contributed by atoms with Gasteiger partial charge in [-0.1, -0.05) is 35.3 Å². The molecule has 0 bridgehead atoms. The molecular weight excluding hydrogens is 391 g/mol. The summed E-state index contributed by atoms with van der Waals surface area (Å²) in [5, 5.41) is 0.563. The third kappa shape index (κ3) is 3.83. The van der Waals surface area contributed by atoms with E-state index in [4.69, 9.17) is 23.2 Å². The van der Waals surface area contributed by atoms with E-state index in [1.165, 1.54) is 24.1 Å². The van der Waals surface area contributed by atoms with Crippen LogP contribution in [0.15, 0.2) is 36.4 Å². The summed E-state index contributed by atoms with van der Waals surface area (Å²) in [6.07, 6.45) is 0. The maximum atomic E-state index is 12.4. The summed E-state index contributed by atoms with van der Waals surface area (Å²) < 4.78 is 4.67. The number of carbonyl (C=O) groups is 3. The molecule has 1 aliphatic rings. The van der Waals surface area contributed by atoms with E-state index in [9.17, 15) is 14.4 Å². The summed E-state index contributed by atoms with van der Waals surface area (Å²) >= 11 is 12.1. The Hall–Kier alpha value is -2.41. The molecule has 0 spiro atoms. The van der Waals surface area contributed by atoms with E-state index in [1.54, 1.807) is 24.3 Å². The Morgan fingerprint density at radius 2 is 1.81 bits per heavy atom. The molecule has 0 aliphatic carbocycles. The second-order valence-electron chi connectivity index (χ2n) is 6.19. The molecule has 0 saturated carbocycles. The zero-order chi connectivity index (χ0) is 19.7. The lowest BCUT2D eigenvalue weighted by molar-refractivity contribution is -0.114. The molecule has 27 heavy (non-hydrogen) atoms. The minimum atomic E-state index is -0.637. The van der Waals surface area contributed by atoms with E-state index in [0.717, 1.165) is 5.56 Å². The molecule has 0 unspecified atom stereocenters. The van der Waals surface area contributed by atoms with Crippen LogP contribution in [0, 0.1) is 0 Å². The number of halogens is 2. The van der Waals surface area contributed by atoms with Crippen LogP contribution >= 0.6 is 23.2 Å². The molecule has 2 aromatic rings. The lowest BCUT2D eigenvalue weighted by Crippen LogP contribution is -2.39. The summed E-state index contributed by atoms with van der Waals surface area (Å²) in [6.45, 7) is 0.678. The van der Waals surface area contributed by atoms with Crippen molar-refractivity contribution in [3.63, 3.8) is 0 Å². The van der Waals surface area contributed by atoms with Crippen LogP contribution in [0.25, 0.3) is 0 Å². The fraction of sp³-hybridized carbons (Fsp3) is 0.211. The lowest BCUT2D eigenvalue weighted by Gasteiger charge is -2.25. The number of ether oxygens (including phenoxy) is 1. The fourth-order valence-corrected chi connectivity index (χ4v) is 3.55. The normalized spacial score (nSPS) is 13.3. The van der Waals surface area contributed by atoms with Gasteiger partial charge in [0.25, 0.3) is 5.78 Å². The van der Waals surface area contributed by atoms with E-state index in [-0.39, 0.29) is 17.3 Å². The fourth-order valence-electron chi connectivity index (χ4n) is 2.95. The molecule has 1 amide bonds. The molecule has 0 radical (unpaired) electrons. The van der Waals surface area contributed by atoms with Gasteiger partial charge in [0.1, 0.15) is 0 Å². The van der Waals surface area contributed by atoms with Crippen LogP contribution in [-0.4, -0.2) is 43.4 Å². The average Bonchev–Trinajstić information content (AvgIpc) is 2.86. The molecule has 140 valence electrons. The minimum absolute atomic E-state index is 0.178. The monoisotopic (exact) mass is 406 g/mol. The molecule has 0 N–H and O–H groups in total. The van der Waals surface area contributed by atoms with Gasteiger partial charge in [0.05, 0.1) is 35.6 Å². The SMILES string of the molecule is COC(=O)c1ccc(CN(C)CN2C(=O)C(=O)c3cc(Cl)cc(Cl)c32)cc1. The van der Waals surface area contributed by atoms with E-state index in [1.807, 2.05) is 11.9 Å². The van der Waals surface area contributed by atoms with Crippen molar-refractivity contribution >= 4 is 46.5 Å². The number of carbonyl (C=O) groups excluding carboxylic acids is 3. The average molecular weight is 407 g/mol. The predicted octanol–water partition coefficient (Wildman–Crippen LogP) is 3.40. The molecule has 8 heteroatoms. The Morgan fingerprint density at radius 3 is 2.44 bits per heavy atom. The van der Waals surface area contributed by atoms with Gasteiger partial charge in [-0.2, -0.15) is 0 Å². The van der Waals surface area contributed by atoms with Gasteiger partial charge >= 0.3 is 11.9 Å². The Bertz CT molecular complexity index is 928. The third-order valence-corrected chi connectivity index (χ3v) is 4.70. The highest BCUT2D eigenvalue weighted by molar-refractivity contribution is 6.54. The molecule has 0 saturated heterocycles. The first kappa shape index (κ1) is 19.4. The van der Waals surface area contributed by atoms with Crippen molar-refractivity contribution in [2.75, 3.05) is 25.7 Å². The van der Waals surface area contributed by atoms with Crippen LogP contribution in [0.1, 0.15) is 26.3 Å². The highest BCUT2D eigenvalue weighted by atomic mass is 35.5. The van der Waals surface area contributed by atoms with Crippen molar-refractivity contribution < 1.29 is 19.1 Å². The first-order valence-electron chi connectivity index (χ1n) is 8.03. The number of rotatable bonds is 5. The zero-order valence-corrected chi connectivity index (χ0v) is 16.2. The van der Waals surface area contributed by atoms with Crippen molar-refractivity contribution in [3.8, 4) is 0 Å². The second-order valence-corrected chi connectivity index (χ2v) is 7.03. The van der Waals surface area contributed by atoms with Gasteiger partial charge in [-0.3, -0.25) is 19.4 Å². The maximum absolute atomic E-state index is 12.4. The summed E-state index contributed by atoms with van der Waals surface area (Å²) in [5.74, 6) is -1.66. The van der Waals surface area contributed by atoms with Crippen molar-refractivity contribution in [3.05, 3.63) is 63.1 Å². The zero-order valence-electron chi connectivity index (χ0n) is 14.7. The Kier molecular flexibility index (Phi) is 5.51. The second kappa shape index (κ2) is 7.68. The Balaban J connectivity index is 1.75. The number of anilines is 1. The third-order valence-electron chi connectivity index (χ3n) is 4.19. The van der Waals surface area contributed by atoms with Gasteiger partial charge in [-0.25, -0.2) is 4.79 Å². The first-order chi connectivity index (χ1) is 12.8. The van der Waals surface area contributed by atoms with Crippen LogP contribution in [0.3, 0.4) is 0 Å². The summed E-state index contributed by atoms with van der Waals surface area (Å²) in [6, 6.07) is 9.92. The highest BCUT2D eigenvalue weighted by Gasteiger charge is 2.38. The summed E-state index contributed by atoms with van der Waals surface area (Å²) in [5.41, 5.74) is 1.99.